The Morgan fingerprint density at radius 1 is 1.09 bits per heavy atom. The van der Waals surface area contributed by atoms with Gasteiger partial charge in [0.1, 0.15) is 12.6 Å². The van der Waals surface area contributed by atoms with Crippen LogP contribution in [-0.4, -0.2) is 50.5 Å². The number of likely N-dealkylation sites (N-methyl/N-ethyl adjacent to an activating group) is 1. The Bertz CT molecular complexity index is 1070. The molecule has 0 fully saturated rings. The van der Waals surface area contributed by atoms with Crippen LogP contribution in [0.15, 0.2) is 42.5 Å². The van der Waals surface area contributed by atoms with Crippen molar-refractivity contribution in [3.05, 3.63) is 64.2 Å². The maximum atomic E-state index is 13.4. The molecule has 7 nitrogen and oxygen atoms in total. The number of carbonyl (C=O) groups excluding carboxylic acids is 2. The van der Waals surface area contributed by atoms with Crippen molar-refractivity contribution in [3.63, 3.8) is 0 Å². The van der Waals surface area contributed by atoms with E-state index in [1.54, 1.807) is 50.2 Å². The van der Waals surface area contributed by atoms with E-state index >= 15 is 0 Å². The third-order valence-electron chi connectivity index (χ3n) is 4.99. The van der Waals surface area contributed by atoms with Crippen molar-refractivity contribution >= 4 is 39.1 Å². The van der Waals surface area contributed by atoms with Gasteiger partial charge in [0.05, 0.1) is 11.9 Å². The molecule has 2 amide bonds. The van der Waals surface area contributed by atoms with E-state index < -0.39 is 28.5 Å². The standard InChI is InChI=1S/C23H30ClN3O4S/c1-6-25-23(29)18(4)26(14-19-9-7-8-10-21(19)24)22(28)15-27(32(5,30)31)20-12-16(2)11-17(3)13-20/h7-13,18H,6,14-15H2,1-5H3,(H,25,29). The Morgan fingerprint density at radius 2 is 1.69 bits per heavy atom. The van der Waals surface area contributed by atoms with Crippen molar-refractivity contribution in [2.75, 3.05) is 23.7 Å². The topological polar surface area (TPSA) is 86.8 Å². The maximum absolute atomic E-state index is 13.4. The second kappa shape index (κ2) is 10.8. The first-order valence-electron chi connectivity index (χ1n) is 10.3. The molecule has 0 saturated carbocycles. The Balaban J connectivity index is 2.43. The van der Waals surface area contributed by atoms with Crippen LogP contribution in [0.2, 0.25) is 5.02 Å². The van der Waals surface area contributed by atoms with Crippen LogP contribution in [0.25, 0.3) is 0 Å². The minimum absolute atomic E-state index is 0.0707. The lowest BCUT2D eigenvalue weighted by atomic mass is 10.1. The van der Waals surface area contributed by atoms with Crippen LogP contribution in [0.4, 0.5) is 5.69 Å². The second-order valence-electron chi connectivity index (χ2n) is 7.80. The van der Waals surface area contributed by atoms with Gasteiger partial charge in [-0.1, -0.05) is 35.9 Å². The number of hydrogen-bond acceptors (Lipinski definition) is 4. The summed E-state index contributed by atoms with van der Waals surface area (Å²) < 4.78 is 26.2. The first-order chi connectivity index (χ1) is 14.9. The molecule has 0 saturated heterocycles. The van der Waals surface area contributed by atoms with Crippen molar-refractivity contribution in [1.82, 2.24) is 10.2 Å². The van der Waals surface area contributed by atoms with Gasteiger partial charge in [-0.25, -0.2) is 8.42 Å². The fourth-order valence-corrected chi connectivity index (χ4v) is 4.45. The second-order valence-corrected chi connectivity index (χ2v) is 10.1. The molecule has 1 unspecified atom stereocenters. The van der Waals surface area contributed by atoms with Crippen molar-refractivity contribution in [1.29, 1.82) is 0 Å². The van der Waals surface area contributed by atoms with Gasteiger partial charge >= 0.3 is 0 Å². The minimum atomic E-state index is -3.76. The van der Waals surface area contributed by atoms with Crippen molar-refractivity contribution in [2.45, 2.75) is 40.3 Å². The Labute approximate surface area is 195 Å². The van der Waals surface area contributed by atoms with E-state index in [1.807, 2.05) is 19.9 Å². The SMILES string of the molecule is CCNC(=O)C(C)N(Cc1ccccc1Cl)C(=O)CN(c1cc(C)cc(C)c1)S(C)(=O)=O. The van der Waals surface area contributed by atoms with Gasteiger partial charge in [0.25, 0.3) is 0 Å². The van der Waals surface area contributed by atoms with Crippen LogP contribution in [0, 0.1) is 13.8 Å². The summed E-state index contributed by atoms with van der Waals surface area (Å²) in [6, 6.07) is 11.6. The first kappa shape index (κ1) is 25.7. The van der Waals surface area contributed by atoms with E-state index in [4.69, 9.17) is 11.6 Å². The number of anilines is 1. The van der Waals surface area contributed by atoms with E-state index in [-0.39, 0.29) is 12.5 Å². The van der Waals surface area contributed by atoms with E-state index in [2.05, 4.69) is 5.32 Å². The summed E-state index contributed by atoms with van der Waals surface area (Å²) in [6.45, 7) is 7.17. The molecule has 0 spiro atoms. The Kier molecular flexibility index (Phi) is 8.69. The molecule has 1 atom stereocenters. The summed E-state index contributed by atoms with van der Waals surface area (Å²) >= 11 is 6.28. The van der Waals surface area contributed by atoms with Gasteiger partial charge in [0.15, 0.2) is 0 Å². The minimum Gasteiger partial charge on any atom is -0.355 e. The fraction of sp³-hybridized carbons (Fsp3) is 0.391. The third-order valence-corrected chi connectivity index (χ3v) is 6.50. The van der Waals surface area contributed by atoms with E-state index in [9.17, 15) is 18.0 Å². The molecule has 32 heavy (non-hydrogen) atoms. The molecule has 0 bridgehead atoms. The van der Waals surface area contributed by atoms with E-state index in [1.165, 1.54) is 4.90 Å². The number of aryl methyl sites for hydroxylation is 2. The molecule has 0 aliphatic carbocycles. The maximum Gasteiger partial charge on any atom is 0.244 e. The molecule has 9 heteroatoms. The highest BCUT2D eigenvalue weighted by atomic mass is 35.5. The van der Waals surface area contributed by atoms with Gasteiger partial charge in [-0.15, -0.1) is 0 Å². The first-order valence-corrected chi connectivity index (χ1v) is 12.5. The third kappa shape index (κ3) is 6.71. The summed E-state index contributed by atoms with van der Waals surface area (Å²) in [6.07, 6.45) is 1.06. The average Bonchev–Trinajstić information content (AvgIpc) is 2.69. The van der Waals surface area contributed by atoms with Gasteiger partial charge < -0.3 is 10.2 Å². The van der Waals surface area contributed by atoms with E-state index in [0.29, 0.717) is 22.8 Å². The van der Waals surface area contributed by atoms with Crippen LogP contribution in [0.5, 0.6) is 0 Å². The van der Waals surface area contributed by atoms with Crippen LogP contribution in [0.3, 0.4) is 0 Å². The van der Waals surface area contributed by atoms with Crippen molar-refractivity contribution in [3.8, 4) is 0 Å². The number of amides is 2. The summed E-state index contributed by atoms with van der Waals surface area (Å²) in [7, 11) is -3.76. The highest BCUT2D eigenvalue weighted by Crippen LogP contribution is 2.23. The Morgan fingerprint density at radius 3 is 2.22 bits per heavy atom. The Hall–Kier alpha value is -2.58. The lowest BCUT2D eigenvalue weighted by Crippen LogP contribution is -2.51. The average molecular weight is 480 g/mol. The molecule has 0 aliphatic heterocycles. The number of rotatable bonds is 9. The number of sulfonamides is 1. The van der Waals surface area contributed by atoms with Crippen LogP contribution >= 0.6 is 11.6 Å². The fourth-order valence-electron chi connectivity index (χ4n) is 3.42. The highest BCUT2D eigenvalue weighted by Gasteiger charge is 2.30. The van der Waals surface area contributed by atoms with Gasteiger partial charge in [-0.05, 0) is 62.6 Å². The van der Waals surface area contributed by atoms with Gasteiger partial charge in [-0.3, -0.25) is 13.9 Å². The van der Waals surface area contributed by atoms with Crippen molar-refractivity contribution < 1.29 is 18.0 Å². The molecular formula is C23H30ClN3O4S. The van der Waals surface area contributed by atoms with Gasteiger partial charge in [0, 0.05) is 18.1 Å². The number of nitrogens with zero attached hydrogens (tertiary/aromatic N) is 2. The predicted molar refractivity (Wildman–Crippen MR) is 128 cm³/mol. The van der Waals surface area contributed by atoms with Gasteiger partial charge in [0.2, 0.25) is 21.8 Å². The summed E-state index contributed by atoms with van der Waals surface area (Å²) in [5.41, 5.74) is 2.83. The van der Waals surface area contributed by atoms with Crippen LogP contribution < -0.4 is 9.62 Å². The molecule has 0 heterocycles. The number of benzene rings is 2. The highest BCUT2D eigenvalue weighted by molar-refractivity contribution is 7.92. The predicted octanol–water partition coefficient (Wildman–Crippen LogP) is 3.28. The number of halogens is 1. The van der Waals surface area contributed by atoms with Crippen LogP contribution in [-0.2, 0) is 26.2 Å². The quantitative estimate of drug-likeness (QED) is 0.598. The van der Waals surface area contributed by atoms with Gasteiger partial charge in [-0.2, -0.15) is 0 Å². The number of carbonyl (C=O) groups is 2. The summed E-state index contributed by atoms with van der Waals surface area (Å²) in [5, 5.41) is 3.17. The zero-order valence-electron chi connectivity index (χ0n) is 19.1. The molecular weight excluding hydrogens is 450 g/mol. The monoisotopic (exact) mass is 479 g/mol. The largest absolute Gasteiger partial charge is 0.355 e. The molecule has 0 aromatic heterocycles. The zero-order chi connectivity index (χ0) is 24.1. The molecule has 2 aromatic rings. The van der Waals surface area contributed by atoms with Crippen LogP contribution in [0.1, 0.15) is 30.5 Å². The lowest BCUT2D eigenvalue weighted by molar-refractivity contribution is -0.139. The van der Waals surface area contributed by atoms with E-state index in [0.717, 1.165) is 21.7 Å². The molecule has 2 rings (SSSR count). The van der Waals surface area contributed by atoms with Crippen molar-refractivity contribution in [2.24, 2.45) is 0 Å². The lowest BCUT2D eigenvalue weighted by Gasteiger charge is -2.31. The summed E-state index contributed by atoms with van der Waals surface area (Å²) in [5.74, 6) is -0.835. The molecule has 1 N–H and O–H groups in total. The summed E-state index contributed by atoms with van der Waals surface area (Å²) in [4.78, 5) is 27.3. The zero-order valence-corrected chi connectivity index (χ0v) is 20.6. The molecule has 2 aromatic carbocycles. The molecule has 0 radical (unpaired) electrons. The number of nitrogens with one attached hydrogen (secondary N) is 1. The molecule has 0 aliphatic rings. The number of hydrogen-bond donors (Lipinski definition) is 1. The molecule has 174 valence electrons. The smallest absolute Gasteiger partial charge is 0.244 e. The normalized spacial score (nSPS) is 12.2.